The molecule has 0 aromatic rings. The monoisotopic (exact) mass is 295 g/mol. The first-order chi connectivity index (χ1) is 8.87. The van der Waals surface area contributed by atoms with Crippen molar-refractivity contribution < 1.29 is 27.9 Å². The fourth-order valence-corrected chi connectivity index (χ4v) is 2.12. The molecular formula is C9H17N3O6S. The van der Waals surface area contributed by atoms with Gasteiger partial charge in [0.25, 0.3) is 0 Å². The fraction of sp³-hybridized carbons (Fsp3) is 0.778. The molecule has 3 N–H and O–H groups in total. The average Bonchev–Trinajstić information content (AvgIpc) is 2.38. The predicted molar refractivity (Wildman–Crippen MR) is 65.2 cm³/mol. The van der Waals surface area contributed by atoms with E-state index in [1.165, 1.54) is 7.05 Å². The summed E-state index contributed by atoms with van der Waals surface area (Å²) in [5.74, 6) is -1.42. The summed E-state index contributed by atoms with van der Waals surface area (Å²) in [4.78, 5) is 23.8. The Morgan fingerprint density at radius 2 is 2.16 bits per heavy atom. The van der Waals surface area contributed by atoms with Crippen LogP contribution in [0.2, 0.25) is 0 Å². The highest BCUT2D eigenvalue weighted by Crippen LogP contribution is 2.07. The van der Waals surface area contributed by atoms with Crippen molar-refractivity contribution in [3.63, 3.8) is 0 Å². The molecule has 1 atom stereocenters. The Kier molecular flexibility index (Phi) is 5.51. The van der Waals surface area contributed by atoms with Gasteiger partial charge in [-0.3, -0.25) is 0 Å². The van der Waals surface area contributed by atoms with Gasteiger partial charge < -0.3 is 20.1 Å². The van der Waals surface area contributed by atoms with Gasteiger partial charge in [0.05, 0.1) is 19.0 Å². The molecule has 0 radical (unpaired) electrons. The Morgan fingerprint density at radius 3 is 2.74 bits per heavy atom. The van der Waals surface area contributed by atoms with Gasteiger partial charge in [-0.1, -0.05) is 0 Å². The lowest BCUT2D eigenvalue weighted by Crippen LogP contribution is -2.56. The van der Waals surface area contributed by atoms with E-state index >= 15 is 0 Å². The van der Waals surface area contributed by atoms with Crippen LogP contribution in [0.5, 0.6) is 0 Å². The van der Waals surface area contributed by atoms with Crippen LogP contribution in [0.15, 0.2) is 0 Å². The highest BCUT2D eigenvalue weighted by atomic mass is 32.2. The van der Waals surface area contributed by atoms with Crippen LogP contribution in [0.3, 0.4) is 0 Å². The third-order valence-corrected chi connectivity index (χ3v) is 4.00. The molecule has 1 aliphatic heterocycles. The summed E-state index contributed by atoms with van der Waals surface area (Å²) in [5.41, 5.74) is 0. The molecule has 0 bridgehead atoms. The fourth-order valence-electron chi connectivity index (χ4n) is 1.55. The molecule has 0 aromatic carbocycles. The molecule has 1 saturated heterocycles. The Morgan fingerprint density at radius 1 is 1.47 bits per heavy atom. The van der Waals surface area contributed by atoms with Gasteiger partial charge in [-0.15, -0.1) is 0 Å². The van der Waals surface area contributed by atoms with Crippen molar-refractivity contribution in [2.45, 2.75) is 6.04 Å². The van der Waals surface area contributed by atoms with Gasteiger partial charge in [0.2, 0.25) is 10.0 Å². The summed E-state index contributed by atoms with van der Waals surface area (Å²) < 4.78 is 29.4. The molecule has 19 heavy (non-hydrogen) atoms. The summed E-state index contributed by atoms with van der Waals surface area (Å²) in [6.45, 7) is 0.247. The van der Waals surface area contributed by atoms with Crippen LogP contribution in [0.4, 0.5) is 4.79 Å². The number of ether oxygens (including phenoxy) is 1. The van der Waals surface area contributed by atoms with Crippen LogP contribution in [-0.2, 0) is 19.6 Å². The molecule has 1 aliphatic rings. The number of carbonyl (C=O) groups excluding carboxylic acids is 1. The maximum absolute atomic E-state index is 11.8. The number of morpholine rings is 1. The van der Waals surface area contributed by atoms with Gasteiger partial charge in [0.15, 0.2) is 6.04 Å². The van der Waals surface area contributed by atoms with E-state index < -0.39 is 28.1 Å². The van der Waals surface area contributed by atoms with E-state index in [2.05, 4.69) is 10.0 Å². The molecule has 10 heteroatoms. The number of sulfonamides is 1. The number of aliphatic carboxylic acids is 1. The number of nitrogens with one attached hydrogen (secondary N) is 2. The first kappa shape index (κ1) is 15.7. The van der Waals surface area contributed by atoms with Crippen molar-refractivity contribution >= 4 is 22.0 Å². The summed E-state index contributed by atoms with van der Waals surface area (Å²) in [7, 11) is -2.12. The van der Waals surface area contributed by atoms with Crippen molar-refractivity contribution in [3.05, 3.63) is 0 Å². The minimum atomic E-state index is -3.40. The molecule has 0 saturated carbocycles. The molecule has 0 aliphatic carbocycles. The van der Waals surface area contributed by atoms with Crippen molar-refractivity contribution in [1.82, 2.24) is 14.9 Å². The van der Waals surface area contributed by atoms with E-state index in [0.29, 0.717) is 0 Å². The van der Waals surface area contributed by atoms with Crippen LogP contribution in [0, 0.1) is 0 Å². The summed E-state index contributed by atoms with van der Waals surface area (Å²) in [6.07, 6.45) is 0. The lowest BCUT2D eigenvalue weighted by Gasteiger charge is -2.32. The van der Waals surface area contributed by atoms with Gasteiger partial charge in [-0.2, -0.15) is 0 Å². The number of hydrogen-bond donors (Lipinski definition) is 3. The number of rotatable bonds is 5. The van der Waals surface area contributed by atoms with Crippen LogP contribution in [0.1, 0.15) is 0 Å². The normalized spacial score (nSPS) is 20.1. The molecule has 9 nitrogen and oxygen atoms in total. The second-order valence-electron chi connectivity index (χ2n) is 3.88. The van der Waals surface area contributed by atoms with Gasteiger partial charge in [-0.25, -0.2) is 22.7 Å². The average molecular weight is 295 g/mol. The summed E-state index contributed by atoms with van der Waals surface area (Å²) in [5, 5.41) is 11.3. The van der Waals surface area contributed by atoms with E-state index in [1.807, 2.05) is 0 Å². The third kappa shape index (κ3) is 4.65. The Bertz CT molecular complexity index is 437. The largest absolute Gasteiger partial charge is 0.480 e. The highest BCUT2D eigenvalue weighted by molar-refractivity contribution is 7.89. The first-order valence-corrected chi connectivity index (χ1v) is 7.29. The SMILES string of the molecule is CNS(=O)(=O)CCNC(=O)N1CCOCC1C(=O)O. The number of amides is 2. The molecule has 1 fully saturated rings. The number of carbonyl (C=O) groups is 2. The lowest BCUT2D eigenvalue weighted by molar-refractivity contribution is -0.147. The minimum Gasteiger partial charge on any atom is -0.480 e. The zero-order valence-electron chi connectivity index (χ0n) is 10.5. The number of carboxylic acids is 1. The van der Waals surface area contributed by atoms with E-state index in [-0.39, 0.29) is 32.1 Å². The molecular weight excluding hydrogens is 278 g/mol. The molecule has 1 unspecified atom stereocenters. The molecule has 2 amide bonds. The third-order valence-electron chi connectivity index (χ3n) is 2.63. The maximum atomic E-state index is 11.8. The molecule has 1 heterocycles. The zero-order chi connectivity index (χ0) is 14.5. The smallest absolute Gasteiger partial charge is 0.328 e. The number of hydrogen-bond acceptors (Lipinski definition) is 5. The Balaban J connectivity index is 2.50. The van der Waals surface area contributed by atoms with E-state index in [0.717, 1.165) is 4.90 Å². The van der Waals surface area contributed by atoms with Gasteiger partial charge in [-0.05, 0) is 7.05 Å². The van der Waals surface area contributed by atoms with Crippen LogP contribution < -0.4 is 10.0 Å². The number of urea groups is 1. The Hall–Kier alpha value is -1.39. The van der Waals surface area contributed by atoms with Crippen molar-refractivity contribution in [2.24, 2.45) is 0 Å². The van der Waals surface area contributed by atoms with Crippen molar-refractivity contribution in [1.29, 1.82) is 0 Å². The van der Waals surface area contributed by atoms with E-state index in [4.69, 9.17) is 9.84 Å². The maximum Gasteiger partial charge on any atom is 0.328 e. The summed E-state index contributed by atoms with van der Waals surface area (Å²) >= 11 is 0. The molecule has 0 spiro atoms. The van der Waals surface area contributed by atoms with Crippen LogP contribution in [0.25, 0.3) is 0 Å². The molecule has 1 rings (SSSR count). The first-order valence-electron chi connectivity index (χ1n) is 5.63. The molecule has 0 aromatic heterocycles. The summed E-state index contributed by atoms with van der Waals surface area (Å²) in [6, 6.07) is -1.66. The predicted octanol–water partition coefficient (Wildman–Crippen LogP) is -1.97. The zero-order valence-corrected chi connectivity index (χ0v) is 11.3. The van der Waals surface area contributed by atoms with Gasteiger partial charge in [0, 0.05) is 13.1 Å². The van der Waals surface area contributed by atoms with Crippen LogP contribution in [-0.4, -0.2) is 75.6 Å². The number of nitrogens with zero attached hydrogens (tertiary/aromatic N) is 1. The highest BCUT2D eigenvalue weighted by Gasteiger charge is 2.32. The van der Waals surface area contributed by atoms with Crippen molar-refractivity contribution in [2.75, 3.05) is 39.1 Å². The molecule has 110 valence electrons. The van der Waals surface area contributed by atoms with Gasteiger partial charge in [0.1, 0.15) is 0 Å². The van der Waals surface area contributed by atoms with Crippen molar-refractivity contribution in [3.8, 4) is 0 Å². The number of carboxylic acid groups (broad SMARTS) is 1. The standard InChI is InChI=1S/C9H17N3O6S/c1-10-19(16,17)5-2-11-9(15)12-3-4-18-6-7(12)8(13)14/h7,10H,2-6H2,1H3,(H,11,15)(H,13,14). The lowest BCUT2D eigenvalue weighted by atomic mass is 10.2. The van der Waals surface area contributed by atoms with Gasteiger partial charge >= 0.3 is 12.0 Å². The Labute approximate surface area is 111 Å². The van der Waals surface area contributed by atoms with Crippen LogP contribution >= 0.6 is 0 Å². The minimum absolute atomic E-state index is 0.0719. The van der Waals surface area contributed by atoms with E-state index in [1.54, 1.807) is 0 Å². The van der Waals surface area contributed by atoms with E-state index in [9.17, 15) is 18.0 Å². The quantitative estimate of drug-likeness (QED) is 0.540. The second kappa shape index (κ2) is 6.68. The topological polar surface area (TPSA) is 125 Å². The second-order valence-corrected chi connectivity index (χ2v) is 5.92.